The van der Waals surface area contributed by atoms with Crippen molar-refractivity contribution in [3.8, 4) is 0 Å². The van der Waals surface area contributed by atoms with Gasteiger partial charge in [0.25, 0.3) is 5.56 Å². The quantitative estimate of drug-likeness (QED) is 0.583. The molecular weight excluding hydrogens is 264 g/mol. The summed E-state index contributed by atoms with van der Waals surface area (Å²) in [4.78, 5) is 18.4. The van der Waals surface area contributed by atoms with Gasteiger partial charge >= 0.3 is 0 Å². The number of fused-ring (bicyclic) bond motifs is 1. The number of aromatic amines is 1. The SMILES string of the molecule is Nc1cc2c(=O)[nH]cnc2cc1NCCCC1CCCC1. The van der Waals surface area contributed by atoms with E-state index >= 15 is 0 Å². The molecule has 2 aromatic rings. The summed E-state index contributed by atoms with van der Waals surface area (Å²) in [6.07, 6.45) is 9.45. The van der Waals surface area contributed by atoms with Crippen LogP contribution in [0.2, 0.25) is 0 Å². The van der Waals surface area contributed by atoms with E-state index in [0.717, 1.165) is 24.6 Å². The highest BCUT2D eigenvalue weighted by atomic mass is 16.1. The number of nitrogens with two attached hydrogens (primary N) is 1. The Morgan fingerprint density at radius 3 is 2.95 bits per heavy atom. The monoisotopic (exact) mass is 286 g/mol. The summed E-state index contributed by atoms with van der Waals surface area (Å²) in [5.74, 6) is 0.918. The summed E-state index contributed by atoms with van der Waals surface area (Å²) in [5, 5.41) is 3.91. The van der Waals surface area contributed by atoms with Crippen molar-refractivity contribution in [2.24, 2.45) is 5.92 Å². The van der Waals surface area contributed by atoms with Gasteiger partial charge in [0.15, 0.2) is 0 Å². The summed E-state index contributed by atoms with van der Waals surface area (Å²) < 4.78 is 0. The normalized spacial score (nSPS) is 15.6. The number of hydrogen-bond donors (Lipinski definition) is 3. The van der Waals surface area contributed by atoms with Gasteiger partial charge in [-0.25, -0.2) is 4.98 Å². The first-order valence-electron chi connectivity index (χ1n) is 7.75. The van der Waals surface area contributed by atoms with Crippen molar-refractivity contribution in [1.82, 2.24) is 9.97 Å². The zero-order valence-corrected chi connectivity index (χ0v) is 12.2. The average molecular weight is 286 g/mol. The molecule has 5 heteroatoms. The van der Waals surface area contributed by atoms with Crippen molar-refractivity contribution in [1.29, 1.82) is 0 Å². The molecule has 1 fully saturated rings. The van der Waals surface area contributed by atoms with E-state index < -0.39 is 0 Å². The molecule has 1 heterocycles. The molecule has 0 bridgehead atoms. The number of rotatable bonds is 5. The van der Waals surface area contributed by atoms with Crippen LogP contribution in [-0.4, -0.2) is 16.5 Å². The minimum absolute atomic E-state index is 0.153. The minimum Gasteiger partial charge on any atom is -0.397 e. The molecule has 1 aliphatic rings. The number of aromatic nitrogens is 2. The van der Waals surface area contributed by atoms with Crippen LogP contribution in [0.5, 0.6) is 0 Å². The average Bonchev–Trinajstić information content (AvgIpc) is 2.98. The lowest BCUT2D eigenvalue weighted by Gasteiger charge is -2.12. The Bertz CT molecular complexity index is 674. The van der Waals surface area contributed by atoms with E-state index in [9.17, 15) is 4.79 Å². The number of benzene rings is 1. The third-order valence-corrected chi connectivity index (χ3v) is 4.39. The van der Waals surface area contributed by atoms with Crippen LogP contribution in [0, 0.1) is 5.92 Å². The Balaban J connectivity index is 1.63. The minimum atomic E-state index is -0.153. The molecule has 0 aliphatic heterocycles. The standard InChI is InChI=1S/C16H22N4O/c17-13-8-12-14(19-10-20-16(12)21)9-15(13)18-7-3-6-11-4-1-2-5-11/h8-11,18H,1-7,17H2,(H,19,20,21). The fourth-order valence-corrected chi connectivity index (χ4v) is 3.20. The lowest BCUT2D eigenvalue weighted by molar-refractivity contribution is 0.491. The molecular formula is C16H22N4O. The maximum Gasteiger partial charge on any atom is 0.258 e. The van der Waals surface area contributed by atoms with Gasteiger partial charge in [-0.1, -0.05) is 25.7 Å². The Kier molecular flexibility index (Phi) is 4.08. The first-order valence-corrected chi connectivity index (χ1v) is 7.75. The molecule has 1 aliphatic carbocycles. The molecule has 4 N–H and O–H groups in total. The molecule has 0 saturated heterocycles. The van der Waals surface area contributed by atoms with E-state index in [-0.39, 0.29) is 5.56 Å². The molecule has 0 unspecified atom stereocenters. The van der Waals surface area contributed by atoms with Crippen LogP contribution < -0.4 is 16.6 Å². The molecule has 0 amide bonds. The van der Waals surface area contributed by atoms with Crippen molar-refractivity contribution >= 4 is 22.3 Å². The van der Waals surface area contributed by atoms with Crippen LogP contribution in [0.1, 0.15) is 38.5 Å². The van der Waals surface area contributed by atoms with Crippen LogP contribution in [0.4, 0.5) is 11.4 Å². The van der Waals surface area contributed by atoms with Gasteiger partial charge in [0, 0.05) is 6.54 Å². The third kappa shape index (κ3) is 3.17. The van der Waals surface area contributed by atoms with Crippen LogP contribution in [0.25, 0.3) is 10.9 Å². The Labute approximate surface area is 124 Å². The summed E-state index contributed by atoms with van der Waals surface area (Å²) in [7, 11) is 0. The number of H-pyrrole nitrogens is 1. The Hall–Kier alpha value is -2.04. The zero-order valence-electron chi connectivity index (χ0n) is 12.2. The molecule has 21 heavy (non-hydrogen) atoms. The largest absolute Gasteiger partial charge is 0.397 e. The smallest absolute Gasteiger partial charge is 0.258 e. The van der Waals surface area contributed by atoms with Crippen LogP contribution in [0.3, 0.4) is 0 Å². The summed E-state index contributed by atoms with van der Waals surface area (Å²) in [6.45, 7) is 0.912. The predicted octanol–water partition coefficient (Wildman–Crippen LogP) is 2.89. The highest BCUT2D eigenvalue weighted by Gasteiger charge is 2.14. The van der Waals surface area contributed by atoms with Crippen molar-refractivity contribution in [2.45, 2.75) is 38.5 Å². The van der Waals surface area contributed by atoms with E-state index in [2.05, 4.69) is 15.3 Å². The van der Waals surface area contributed by atoms with E-state index in [0.29, 0.717) is 16.6 Å². The molecule has 0 spiro atoms. The second-order valence-corrected chi connectivity index (χ2v) is 5.91. The van der Waals surface area contributed by atoms with E-state index in [4.69, 9.17) is 5.73 Å². The maximum atomic E-state index is 11.7. The second-order valence-electron chi connectivity index (χ2n) is 5.91. The number of anilines is 2. The van der Waals surface area contributed by atoms with Gasteiger partial charge in [0.2, 0.25) is 0 Å². The van der Waals surface area contributed by atoms with Crippen molar-refractivity contribution < 1.29 is 0 Å². The molecule has 1 saturated carbocycles. The molecule has 3 rings (SSSR count). The number of hydrogen-bond acceptors (Lipinski definition) is 4. The topological polar surface area (TPSA) is 83.8 Å². The van der Waals surface area contributed by atoms with E-state index in [1.54, 1.807) is 6.07 Å². The number of nitrogens with zero attached hydrogens (tertiary/aromatic N) is 1. The molecule has 5 nitrogen and oxygen atoms in total. The molecule has 1 aromatic heterocycles. The highest BCUT2D eigenvalue weighted by molar-refractivity contribution is 5.88. The Morgan fingerprint density at radius 1 is 1.33 bits per heavy atom. The second kappa shape index (κ2) is 6.16. The van der Waals surface area contributed by atoms with Crippen LogP contribution in [0.15, 0.2) is 23.3 Å². The first kappa shape index (κ1) is 13.9. The first-order chi connectivity index (χ1) is 10.2. The van der Waals surface area contributed by atoms with Crippen molar-refractivity contribution in [3.05, 3.63) is 28.8 Å². The van der Waals surface area contributed by atoms with Gasteiger partial charge < -0.3 is 16.0 Å². The molecule has 0 atom stereocenters. The fourth-order valence-electron chi connectivity index (χ4n) is 3.20. The summed E-state index contributed by atoms with van der Waals surface area (Å²) in [5.41, 5.74) is 8.00. The van der Waals surface area contributed by atoms with Gasteiger partial charge in [0.05, 0.1) is 28.6 Å². The van der Waals surface area contributed by atoms with Gasteiger partial charge in [-0.15, -0.1) is 0 Å². The molecule has 112 valence electrons. The number of nitrogens with one attached hydrogen (secondary N) is 2. The zero-order chi connectivity index (χ0) is 14.7. The van der Waals surface area contributed by atoms with Gasteiger partial charge in [-0.3, -0.25) is 4.79 Å². The lowest BCUT2D eigenvalue weighted by atomic mass is 10.0. The van der Waals surface area contributed by atoms with Gasteiger partial charge in [-0.05, 0) is 30.9 Å². The van der Waals surface area contributed by atoms with Crippen molar-refractivity contribution in [3.63, 3.8) is 0 Å². The predicted molar refractivity (Wildman–Crippen MR) is 86.5 cm³/mol. The summed E-state index contributed by atoms with van der Waals surface area (Å²) >= 11 is 0. The third-order valence-electron chi connectivity index (χ3n) is 4.39. The fraction of sp³-hybridized carbons (Fsp3) is 0.500. The van der Waals surface area contributed by atoms with Crippen molar-refractivity contribution in [2.75, 3.05) is 17.6 Å². The van der Waals surface area contributed by atoms with Crippen LogP contribution in [-0.2, 0) is 0 Å². The number of nitrogen functional groups attached to an aromatic ring is 1. The van der Waals surface area contributed by atoms with Gasteiger partial charge in [0.1, 0.15) is 0 Å². The van der Waals surface area contributed by atoms with E-state index in [1.165, 1.54) is 38.4 Å². The lowest BCUT2D eigenvalue weighted by Crippen LogP contribution is -2.09. The maximum absolute atomic E-state index is 11.7. The molecule has 1 aromatic carbocycles. The summed E-state index contributed by atoms with van der Waals surface area (Å²) in [6, 6.07) is 3.55. The van der Waals surface area contributed by atoms with Gasteiger partial charge in [-0.2, -0.15) is 0 Å². The molecule has 0 radical (unpaired) electrons. The highest BCUT2D eigenvalue weighted by Crippen LogP contribution is 2.28. The Morgan fingerprint density at radius 2 is 2.14 bits per heavy atom. The van der Waals surface area contributed by atoms with E-state index in [1.807, 2.05) is 6.07 Å². The van der Waals surface area contributed by atoms with Crippen LogP contribution >= 0.6 is 0 Å².